The van der Waals surface area contributed by atoms with Gasteiger partial charge in [0.1, 0.15) is 12.4 Å². The van der Waals surface area contributed by atoms with Crippen molar-refractivity contribution < 1.29 is 43.5 Å². The van der Waals surface area contributed by atoms with Crippen LogP contribution in [0, 0.1) is 12.8 Å². The molecule has 13 heteroatoms. The number of aryl methyl sites for hydroxylation is 1. The average molecular weight is 668 g/mol. The Bertz CT molecular complexity index is 1560. The number of hydrogen-bond acceptors (Lipinski definition) is 11. The Kier molecular flexibility index (Phi) is 9.88. The van der Waals surface area contributed by atoms with Gasteiger partial charge in [0.05, 0.1) is 34.9 Å². The first-order valence-electron chi connectivity index (χ1n) is 15.9. The van der Waals surface area contributed by atoms with E-state index in [4.69, 9.17) is 23.7 Å². The largest absolute Gasteiger partial charge is 0.487 e. The second kappa shape index (κ2) is 14.1. The predicted molar refractivity (Wildman–Crippen MR) is 172 cm³/mol. The van der Waals surface area contributed by atoms with Crippen LogP contribution >= 0.6 is 11.3 Å². The van der Waals surface area contributed by atoms with Crippen LogP contribution in [-0.2, 0) is 22.5 Å². The van der Waals surface area contributed by atoms with Crippen LogP contribution in [0.3, 0.4) is 0 Å². The van der Waals surface area contributed by atoms with Crippen LogP contribution < -0.4 is 19.5 Å². The number of carbonyl (C=O) groups excluding carboxylic acids is 2. The van der Waals surface area contributed by atoms with Crippen molar-refractivity contribution in [1.82, 2.24) is 15.2 Å². The van der Waals surface area contributed by atoms with Gasteiger partial charge in [0.2, 0.25) is 12.6 Å². The minimum absolute atomic E-state index is 0.0764. The van der Waals surface area contributed by atoms with Gasteiger partial charge in [-0.05, 0) is 75.9 Å². The lowest BCUT2D eigenvalue weighted by atomic mass is 9.99. The third-order valence-corrected chi connectivity index (χ3v) is 9.76. The topological polar surface area (TPSA) is 149 Å². The highest BCUT2D eigenvalue weighted by Crippen LogP contribution is 2.44. The van der Waals surface area contributed by atoms with Gasteiger partial charge in [-0.25, -0.2) is 9.78 Å². The number of fused-ring (bicyclic) bond motifs is 2. The monoisotopic (exact) mass is 667 g/mol. The summed E-state index contributed by atoms with van der Waals surface area (Å²) in [6.45, 7) is 6.52. The van der Waals surface area contributed by atoms with Gasteiger partial charge < -0.3 is 44.1 Å². The molecule has 2 amide bonds. The number of carbonyl (C=O) groups is 2. The summed E-state index contributed by atoms with van der Waals surface area (Å²) in [5.74, 6) is -0.544. The number of nitrogens with one attached hydrogen (secondary N) is 1. The van der Waals surface area contributed by atoms with E-state index < -0.39 is 24.0 Å². The number of aliphatic hydroxyl groups excluding tert-OH is 1. The molecule has 1 saturated heterocycles. The normalized spacial score (nSPS) is 22.5. The number of alkyl carbamates (subject to hydrolysis) is 1. The molecular formula is C34H41N3O9S. The molecule has 6 rings (SSSR count). The number of benzene rings is 2. The molecule has 2 fully saturated rings. The summed E-state index contributed by atoms with van der Waals surface area (Å²) in [4.78, 5) is 32.9. The maximum atomic E-state index is 13.6. The molecule has 2 aliphatic heterocycles. The molecule has 12 nitrogen and oxygen atoms in total. The number of aliphatic hydroxyl groups is 2. The minimum atomic E-state index is -1.64. The lowest BCUT2D eigenvalue weighted by molar-refractivity contribution is -0.187. The van der Waals surface area contributed by atoms with Crippen molar-refractivity contribution in [3.63, 3.8) is 0 Å². The minimum Gasteiger partial charge on any atom is -0.487 e. The zero-order valence-electron chi connectivity index (χ0n) is 26.7. The number of aromatic nitrogens is 1. The van der Waals surface area contributed by atoms with E-state index in [-0.39, 0.29) is 50.2 Å². The van der Waals surface area contributed by atoms with E-state index in [2.05, 4.69) is 10.3 Å². The Morgan fingerprint density at radius 1 is 1.15 bits per heavy atom. The fraction of sp³-hybridized carbons (Fsp3) is 0.500. The fourth-order valence-corrected chi connectivity index (χ4v) is 6.99. The molecule has 3 aliphatic rings. The third kappa shape index (κ3) is 7.64. The smallest absolute Gasteiger partial charge is 0.409 e. The van der Waals surface area contributed by atoms with E-state index in [1.165, 1.54) is 0 Å². The molecule has 47 heavy (non-hydrogen) atoms. The Morgan fingerprint density at radius 2 is 1.94 bits per heavy atom. The average Bonchev–Trinajstić information content (AvgIpc) is 3.85. The molecule has 0 spiro atoms. The van der Waals surface area contributed by atoms with Gasteiger partial charge in [-0.1, -0.05) is 12.1 Å². The van der Waals surface area contributed by atoms with Gasteiger partial charge in [-0.3, -0.25) is 4.79 Å². The van der Waals surface area contributed by atoms with Crippen molar-refractivity contribution in [2.75, 3.05) is 19.9 Å². The standard InChI is InChI=1S/C34H41N3O9S/c1-20(2)37(32(39)23-6-9-30-31(15-23)45-19-44-30)16-28(38)27(36-33(40)46-34(41)12-10-29-26(34)11-13-42-29)14-22-4-7-25(8-5-22)43-17-24-18-47-21(3)35-24/h4-9,15,18,20,26-29,38,41H,10-14,16-17,19H2,1-3H3,(H,36,40). The molecule has 0 bridgehead atoms. The van der Waals surface area contributed by atoms with Crippen molar-refractivity contribution >= 4 is 23.3 Å². The van der Waals surface area contributed by atoms with E-state index in [1.54, 1.807) is 34.4 Å². The van der Waals surface area contributed by atoms with E-state index in [1.807, 2.05) is 50.4 Å². The lowest BCUT2D eigenvalue weighted by Crippen LogP contribution is -2.53. The first-order valence-corrected chi connectivity index (χ1v) is 16.8. The van der Waals surface area contributed by atoms with Crippen LogP contribution in [-0.4, -0.2) is 82.1 Å². The van der Waals surface area contributed by atoms with Gasteiger partial charge in [0.25, 0.3) is 5.91 Å². The molecule has 1 aromatic heterocycles. The molecular weight excluding hydrogens is 626 g/mol. The van der Waals surface area contributed by atoms with Crippen LogP contribution in [0.2, 0.25) is 0 Å². The first-order chi connectivity index (χ1) is 22.6. The first kappa shape index (κ1) is 33.0. The number of nitrogens with zero attached hydrogens (tertiary/aromatic N) is 2. The molecule has 2 aromatic carbocycles. The predicted octanol–water partition coefficient (Wildman–Crippen LogP) is 4.20. The van der Waals surface area contributed by atoms with Crippen LogP contribution in [0.1, 0.15) is 59.7 Å². The number of ether oxygens (including phenoxy) is 5. The quantitative estimate of drug-likeness (QED) is 0.240. The Labute approximate surface area is 277 Å². The van der Waals surface area contributed by atoms with Crippen LogP contribution in [0.15, 0.2) is 47.8 Å². The van der Waals surface area contributed by atoms with Crippen LogP contribution in [0.4, 0.5) is 4.79 Å². The van der Waals surface area contributed by atoms with Gasteiger partial charge in [0.15, 0.2) is 11.5 Å². The Morgan fingerprint density at radius 3 is 2.68 bits per heavy atom. The second-order valence-electron chi connectivity index (χ2n) is 12.5. The second-order valence-corrected chi connectivity index (χ2v) is 13.6. The van der Waals surface area contributed by atoms with Crippen molar-refractivity contribution in [2.24, 2.45) is 5.92 Å². The summed E-state index contributed by atoms with van der Waals surface area (Å²) in [7, 11) is 0. The zero-order valence-corrected chi connectivity index (χ0v) is 27.5. The third-order valence-electron chi connectivity index (χ3n) is 8.93. The van der Waals surface area contributed by atoms with Crippen molar-refractivity contribution in [2.45, 2.75) is 83.1 Å². The summed E-state index contributed by atoms with van der Waals surface area (Å²) in [5.41, 5.74) is 2.05. The van der Waals surface area contributed by atoms with Gasteiger partial charge in [-0.15, -0.1) is 11.3 Å². The van der Waals surface area contributed by atoms with Gasteiger partial charge >= 0.3 is 6.09 Å². The Balaban J connectivity index is 1.16. The molecule has 0 radical (unpaired) electrons. The summed E-state index contributed by atoms with van der Waals surface area (Å²) >= 11 is 1.56. The molecule has 252 valence electrons. The molecule has 1 saturated carbocycles. The van der Waals surface area contributed by atoms with E-state index in [9.17, 15) is 19.8 Å². The number of amides is 2. The van der Waals surface area contributed by atoms with E-state index in [0.717, 1.165) is 16.3 Å². The maximum absolute atomic E-state index is 13.6. The van der Waals surface area contributed by atoms with Crippen molar-refractivity contribution in [1.29, 1.82) is 0 Å². The zero-order chi connectivity index (χ0) is 33.1. The summed E-state index contributed by atoms with van der Waals surface area (Å²) in [6, 6.07) is 11.2. The Hall–Kier alpha value is -3.91. The SMILES string of the molecule is Cc1nc(COc2ccc(CC(NC(=O)OC3(O)CCC4OCCC43)C(O)CN(C(=O)c3ccc4c(c3)OCO4)C(C)C)cc2)cs1. The van der Waals surface area contributed by atoms with Crippen LogP contribution in [0.5, 0.6) is 17.2 Å². The van der Waals surface area contributed by atoms with E-state index >= 15 is 0 Å². The molecule has 1 aliphatic carbocycles. The molecule has 3 aromatic rings. The lowest BCUT2D eigenvalue weighted by Gasteiger charge is -2.34. The van der Waals surface area contributed by atoms with Crippen molar-refractivity contribution in [3.05, 3.63) is 69.7 Å². The number of thiazole rings is 1. The van der Waals surface area contributed by atoms with E-state index in [0.29, 0.717) is 48.9 Å². The van der Waals surface area contributed by atoms with Gasteiger partial charge in [0, 0.05) is 36.6 Å². The maximum Gasteiger partial charge on any atom is 0.409 e. The van der Waals surface area contributed by atoms with Crippen LogP contribution in [0.25, 0.3) is 0 Å². The number of hydrogen-bond donors (Lipinski definition) is 3. The highest BCUT2D eigenvalue weighted by molar-refractivity contribution is 7.09. The molecule has 5 unspecified atom stereocenters. The van der Waals surface area contributed by atoms with Crippen molar-refractivity contribution in [3.8, 4) is 17.2 Å². The highest BCUT2D eigenvalue weighted by atomic mass is 32.1. The van der Waals surface area contributed by atoms with Gasteiger partial charge in [-0.2, -0.15) is 0 Å². The summed E-state index contributed by atoms with van der Waals surface area (Å²) in [6.07, 6.45) is -0.482. The summed E-state index contributed by atoms with van der Waals surface area (Å²) in [5, 5.41) is 28.5. The molecule has 3 heterocycles. The fourth-order valence-electron chi connectivity index (χ4n) is 6.39. The highest BCUT2D eigenvalue weighted by Gasteiger charge is 2.53. The number of rotatable bonds is 12. The molecule has 3 N–H and O–H groups in total. The molecule has 5 atom stereocenters. The summed E-state index contributed by atoms with van der Waals surface area (Å²) < 4.78 is 28.0.